The number of carbonyl (C=O) groups is 1. The summed E-state index contributed by atoms with van der Waals surface area (Å²) in [6, 6.07) is 5.86. The van der Waals surface area contributed by atoms with Crippen LogP contribution in [0, 0.1) is 0 Å². The summed E-state index contributed by atoms with van der Waals surface area (Å²) in [7, 11) is 0. The molecule has 0 aliphatic carbocycles. The number of alkyl halides is 3. The predicted octanol–water partition coefficient (Wildman–Crippen LogP) is 4.53. The van der Waals surface area contributed by atoms with Crippen molar-refractivity contribution < 1.29 is 18.0 Å². The minimum absolute atomic E-state index is 0. The van der Waals surface area contributed by atoms with E-state index in [0.717, 1.165) is 17.0 Å². The molecule has 0 bridgehead atoms. The fraction of sp³-hybridized carbons (Fsp3) is 0.143. The number of rotatable bonds is 2. The van der Waals surface area contributed by atoms with Crippen LogP contribution in [0.1, 0.15) is 23.5 Å². The zero-order chi connectivity index (χ0) is 15.0. The van der Waals surface area contributed by atoms with Crippen molar-refractivity contribution in [3.63, 3.8) is 0 Å². The molecule has 0 saturated heterocycles. The normalized spacial score (nSPS) is 11.2. The number of hydrogen-bond donors (Lipinski definition) is 2. The highest BCUT2D eigenvalue weighted by Gasteiger charge is 2.30. The predicted molar refractivity (Wildman–Crippen MR) is 80.1 cm³/mol. The van der Waals surface area contributed by atoms with Crippen LogP contribution in [-0.2, 0) is 6.18 Å². The van der Waals surface area contributed by atoms with E-state index in [4.69, 9.17) is 0 Å². The van der Waals surface area contributed by atoms with Crippen molar-refractivity contribution in [3.05, 3.63) is 47.1 Å². The van der Waals surface area contributed by atoms with Crippen LogP contribution in [0.15, 0.2) is 35.8 Å². The molecule has 0 unspecified atom stereocenters. The Bertz CT molecular complexity index is 761. The fourth-order valence-corrected chi connectivity index (χ4v) is 2.48. The Labute approximate surface area is 128 Å². The summed E-state index contributed by atoms with van der Waals surface area (Å²) in [5.41, 5.74) is 2.17. The lowest BCUT2D eigenvalue weighted by Crippen LogP contribution is -2.12. The summed E-state index contributed by atoms with van der Waals surface area (Å²) in [4.78, 5) is 19.7. The number of H-pyrrole nitrogens is 1. The van der Waals surface area contributed by atoms with Crippen LogP contribution in [0.5, 0.6) is 0 Å². The lowest BCUT2D eigenvalue weighted by molar-refractivity contribution is -0.137. The van der Waals surface area contributed by atoms with Crippen molar-refractivity contribution in [3.8, 4) is 0 Å². The van der Waals surface area contributed by atoms with Gasteiger partial charge in [0.1, 0.15) is 16.0 Å². The van der Waals surface area contributed by atoms with Crippen molar-refractivity contribution in [1.29, 1.82) is 0 Å². The summed E-state index contributed by atoms with van der Waals surface area (Å²) in [5, 5.41) is 2.53. The second-order valence-electron chi connectivity index (χ2n) is 4.28. The van der Waals surface area contributed by atoms with Crippen molar-refractivity contribution in [2.24, 2.45) is 0 Å². The molecule has 8 heteroatoms. The maximum atomic E-state index is 12.4. The van der Waals surface area contributed by atoms with E-state index in [1.165, 1.54) is 23.5 Å². The summed E-state index contributed by atoms with van der Waals surface area (Å²) >= 11 is 1.36. The van der Waals surface area contributed by atoms with Gasteiger partial charge in [-0.25, -0.2) is 4.98 Å². The van der Waals surface area contributed by atoms with Crippen LogP contribution < -0.4 is 5.32 Å². The highest BCUT2D eigenvalue weighted by atomic mass is 32.1. The van der Waals surface area contributed by atoms with Gasteiger partial charge in [-0.05, 0) is 30.3 Å². The summed E-state index contributed by atoms with van der Waals surface area (Å²) < 4.78 is 37.3. The average Bonchev–Trinajstić information content (AvgIpc) is 2.98. The second-order valence-corrected chi connectivity index (χ2v) is 5.13. The number of halogens is 3. The fourth-order valence-electron chi connectivity index (χ4n) is 1.81. The molecular formula is C14H12F3N3OS. The van der Waals surface area contributed by atoms with E-state index in [0.29, 0.717) is 16.9 Å². The molecule has 0 aliphatic rings. The largest absolute Gasteiger partial charge is 0.416 e. The lowest BCUT2D eigenvalue weighted by atomic mass is 10.2. The minimum atomic E-state index is -4.39. The van der Waals surface area contributed by atoms with Gasteiger partial charge in [0.2, 0.25) is 0 Å². The first-order valence-corrected chi connectivity index (χ1v) is 6.72. The molecule has 22 heavy (non-hydrogen) atoms. The number of carbonyl (C=O) groups excluding carboxylic acids is 1. The van der Waals surface area contributed by atoms with Crippen LogP contribution in [0.25, 0.3) is 10.3 Å². The number of nitrogens with one attached hydrogen (secondary N) is 2. The van der Waals surface area contributed by atoms with Gasteiger partial charge in [-0.1, -0.05) is 7.43 Å². The zero-order valence-electron chi connectivity index (χ0n) is 10.4. The van der Waals surface area contributed by atoms with Gasteiger partial charge >= 0.3 is 6.18 Å². The molecule has 1 aromatic carbocycles. The van der Waals surface area contributed by atoms with E-state index in [2.05, 4.69) is 15.3 Å². The van der Waals surface area contributed by atoms with Gasteiger partial charge in [0.15, 0.2) is 0 Å². The summed E-state index contributed by atoms with van der Waals surface area (Å²) in [6.07, 6.45) is -4.39. The van der Waals surface area contributed by atoms with Crippen LogP contribution in [-0.4, -0.2) is 15.9 Å². The van der Waals surface area contributed by atoms with E-state index < -0.39 is 17.6 Å². The molecule has 2 aromatic heterocycles. The van der Waals surface area contributed by atoms with Crippen LogP contribution in [0.2, 0.25) is 0 Å². The maximum Gasteiger partial charge on any atom is 0.416 e. The summed E-state index contributed by atoms with van der Waals surface area (Å²) in [6.45, 7) is 0. The van der Waals surface area contributed by atoms with Crippen molar-refractivity contribution >= 4 is 33.3 Å². The molecule has 4 nitrogen and oxygen atoms in total. The molecule has 0 radical (unpaired) electrons. The van der Waals surface area contributed by atoms with Gasteiger partial charge in [0, 0.05) is 5.69 Å². The highest BCUT2D eigenvalue weighted by Crippen LogP contribution is 2.30. The molecule has 0 fully saturated rings. The third-order valence-electron chi connectivity index (χ3n) is 2.84. The maximum absolute atomic E-state index is 12.4. The molecule has 3 aromatic rings. The first kappa shape index (κ1) is 16.0. The number of aromatic amines is 1. The van der Waals surface area contributed by atoms with Crippen molar-refractivity contribution in [1.82, 2.24) is 9.97 Å². The molecule has 0 aliphatic heterocycles. The number of nitrogens with zero attached hydrogens (tertiary/aromatic N) is 1. The van der Waals surface area contributed by atoms with Gasteiger partial charge in [-0.3, -0.25) is 4.79 Å². The second kappa shape index (κ2) is 5.80. The standard InChI is InChI=1S/C13H8F3N3OS.CH4/c14-13(15,16)7-1-3-8(4-2-7)18-11(20)9-5-10-12(19-9)21-6-17-10;/h1-6,19H,(H,18,20);1H4. The quantitative estimate of drug-likeness (QED) is 0.726. The molecule has 2 N–H and O–H groups in total. The van der Waals surface area contributed by atoms with E-state index in [9.17, 15) is 18.0 Å². The Balaban J connectivity index is 0.00000176. The van der Waals surface area contributed by atoms with Gasteiger partial charge in [0.25, 0.3) is 5.91 Å². The molecule has 2 heterocycles. The Kier molecular flexibility index (Phi) is 4.23. The van der Waals surface area contributed by atoms with Crippen LogP contribution >= 0.6 is 11.3 Å². The number of anilines is 1. The van der Waals surface area contributed by atoms with E-state index in [-0.39, 0.29) is 7.43 Å². The van der Waals surface area contributed by atoms with Gasteiger partial charge in [-0.2, -0.15) is 13.2 Å². The number of thiazole rings is 1. The zero-order valence-corrected chi connectivity index (χ0v) is 11.2. The third-order valence-corrected chi connectivity index (χ3v) is 3.60. The van der Waals surface area contributed by atoms with E-state index in [1.807, 2.05) is 0 Å². The van der Waals surface area contributed by atoms with Crippen LogP contribution in [0.3, 0.4) is 0 Å². The van der Waals surface area contributed by atoms with Gasteiger partial charge < -0.3 is 10.3 Å². The third kappa shape index (κ3) is 3.11. The first-order valence-electron chi connectivity index (χ1n) is 5.84. The smallest absolute Gasteiger partial charge is 0.341 e. The molecule has 0 atom stereocenters. The Morgan fingerprint density at radius 3 is 2.50 bits per heavy atom. The number of hydrogen-bond acceptors (Lipinski definition) is 3. The molecule has 0 saturated carbocycles. The summed E-state index contributed by atoms with van der Waals surface area (Å²) in [5.74, 6) is -0.431. The van der Waals surface area contributed by atoms with Crippen molar-refractivity contribution in [2.75, 3.05) is 5.32 Å². The average molecular weight is 327 g/mol. The van der Waals surface area contributed by atoms with E-state index in [1.54, 1.807) is 11.6 Å². The van der Waals surface area contributed by atoms with Crippen molar-refractivity contribution in [2.45, 2.75) is 13.6 Å². The lowest BCUT2D eigenvalue weighted by Gasteiger charge is -2.08. The van der Waals surface area contributed by atoms with Gasteiger partial charge in [-0.15, -0.1) is 11.3 Å². The molecule has 116 valence electrons. The topological polar surface area (TPSA) is 57.8 Å². The molecule has 3 rings (SSSR count). The van der Waals surface area contributed by atoms with Crippen LogP contribution in [0.4, 0.5) is 18.9 Å². The first-order chi connectivity index (χ1) is 9.93. The Hall–Kier alpha value is -2.35. The monoisotopic (exact) mass is 327 g/mol. The molecule has 1 amide bonds. The Morgan fingerprint density at radius 1 is 1.23 bits per heavy atom. The highest BCUT2D eigenvalue weighted by molar-refractivity contribution is 7.16. The Morgan fingerprint density at radius 2 is 1.91 bits per heavy atom. The van der Waals surface area contributed by atoms with E-state index >= 15 is 0 Å². The number of aromatic nitrogens is 2. The molecule has 0 spiro atoms. The number of fused-ring (bicyclic) bond motifs is 1. The SMILES string of the molecule is C.O=C(Nc1ccc(C(F)(F)F)cc1)c1cc2ncsc2[nH]1. The number of amides is 1. The number of benzene rings is 1. The molecular weight excluding hydrogens is 315 g/mol. The van der Waals surface area contributed by atoms with Gasteiger partial charge in [0.05, 0.1) is 11.1 Å². The minimum Gasteiger partial charge on any atom is -0.341 e.